The van der Waals surface area contributed by atoms with Crippen molar-refractivity contribution in [2.24, 2.45) is 0 Å². The fraction of sp³-hybridized carbons (Fsp3) is 0.273. The number of aromatic amines is 1. The third-order valence-electron chi connectivity index (χ3n) is 2.60. The Morgan fingerprint density at radius 3 is 3.12 bits per heavy atom. The van der Waals surface area contributed by atoms with E-state index in [1.807, 2.05) is 24.3 Å². The molecule has 0 bridgehead atoms. The molecule has 3 rings (SSSR count). The SMILES string of the molecule is S=c1[nH]nc(N2CCCOc3ccccc32)s1. The highest BCUT2D eigenvalue weighted by atomic mass is 32.1. The molecule has 4 nitrogen and oxygen atoms in total. The van der Waals surface area contributed by atoms with Gasteiger partial charge in [-0.3, -0.25) is 5.10 Å². The van der Waals surface area contributed by atoms with Crippen molar-refractivity contribution in [1.82, 2.24) is 10.2 Å². The van der Waals surface area contributed by atoms with Crippen LogP contribution in [-0.2, 0) is 0 Å². The Morgan fingerprint density at radius 1 is 1.41 bits per heavy atom. The number of nitrogens with one attached hydrogen (secondary N) is 1. The summed E-state index contributed by atoms with van der Waals surface area (Å²) in [7, 11) is 0. The molecule has 2 heterocycles. The van der Waals surface area contributed by atoms with Gasteiger partial charge in [0.1, 0.15) is 5.75 Å². The molecule has 2 aromatic rings. The Balaban J connectivity index is 2.08. The minimum absolute atomic E-state index is 0.697. The van der Waals surface area contributed by atoms with E-state index in [2.05, 4.69) is 15.1 Å². The molecule has 0 radical (unpaired) electrons. The molecule has 0 atom stereocenters. The van der Waals surface area contributed by atoms with Crippen molar-refractivity contribution in [3.63, 3.8) is 0 Å². The van der Waals surface area contributed by atoms with E-state index in [1.165, 1.54) is 11.3 Å². The predicted molar refractivity (Wildman–Crippen MR) is 70.9 cm³/mol. The maximum absolute atomic E-state index is 5.71. The molecule has 1 aromatic heterocycles. The van der Waals surface area contributed by atoms with Gasteiger partial charge >= 0.3 is 0 Å². The summed E-state index contributed by atoms with van der Waals surface area (Å²) >= 11 is 6.56. The van der Waals surface area contributed by atoms with Crippen molar-refractivity contribution in [2.75, 3.05) is 18.1 Å². The molecule has 88 valence electrons. The number of benzene rings is 1. The van der Waals surface area contributed by atoms with Crippen molar-refractivity contribution in [3.05, 3.63) is 28.2 Å². The van der Waals surface area contributed by atoms with Gasteiger partial charge < -0.3 is 9.64 Å². The van der Waals surface area contributed by atoms with Gasteiger partial charge in [0.25, 0.3) is 0 Å². The van der Waals surface area contributed by atoms with Crippen molar-refractivity contribution in [1.29, 1.82) is 0 Å². The molecule has 1 aliphatic rings. The van der Waals surface area contributed by atoms with Crippen molar-refractivity contribution in [3.8, 4) is 5.75 Å². The van der Waals surface area contributed by atoms with E-state index < -0.39 is 0 Å². The number of anilines is 2. The van der Waals surface area contributed by atoms with Crippen LogP contribution in [0.2, 0.25) is 0 Å². The fourth-order valence-corrected chi connectivity index (χ4v) is 2.78. The fourth-order valence-electron chi connectivity index (χ4n) is 1.86. The Morgan fingerprint density at radius 2 is 2.29 bits per heavy atom. The van der Waals surface area contributed by atoms with Gasteiger partial charge in [0.15, 0.2) is 3.95 Å². The van der Waals surface area contributed by atoms with Gasteiger partial charge in [0, 0.05) is 6.54 Å². The van der Waals surface area contributed by atoms with Crippen molar-refractivity contribution >= 4 is 34.4 Å². The number of hydrogen-bond donors (Lipinski definition) is 1. The van der Waals surface area contributed by atoms with Crippen LogP contribution in [0, 0.1) is 3.95 Å². The van der Waals surface area contributed by atoms with E-state index in [-0.39, 0.29) is 0 Å². The van der Waals surface area contributed by atoms with Crippen LogP contribution in [0.1, 0.15) is 6.42 Å². The number of hydrogen-bond acceptors (Lipinski definition) is 5. The molecule has 1 N–H and O–H groups in total. The highest BCUT2D eigenvalue weighted by Gasteiger charge is 2.19. The zero-order valence-electron chi connectivity index (χ0n) is 9.05. The van der Waals surface area contributed by atoms with Crippen LogP contribution >= 0.6 is 23.6 Å². The average Bonchev–Trinajstić information content (AvgIpc) is 2.66. The molecule has 1 aromatic carbocycles. The topological polar surface area (TPSA) is 41.2 Å². The Labute approximate surface area is 108 Å². The lowest BCUT2D eigenvalue weighted by Gasteiger charge is -2.19. The summed E-state index contributed by atoms with van der Waals surface area (Å²) in [6.45, 7) is 1.64. The van der Waals surface area contributed by atoms with Crippen LogP contribution in [0.4, 0.5) is 10.8 Å². The number of nitrogens with zero attached hydrogens (tertiary/aromatic N) is 2. The average molecular weight is 265 g/mol. The summed E-state index contributed by atoms with van der Waals surface area (Å²) in [5.74, 6) is 0.908. The molecule has 0 unspecified atom stereocenters. The third kappa shape index (κ3) is 2.05. The lowest BCUT2D eigenvalue weighted by Crippen LogP contribution is -2.17. The first-order valence-electron chi connectivity index (χ1n) is 5.39. The van der Waals surface area contributed by atoms with E-state index >= 15 is 0 Å². The van der Waals surface area contributed by atoms with Crippen LogP contribution in [0.15, 0.2) is 24.3 Å². The predicted octanol–water partition coefficient (Wildman–Crippen LogP) is 3.12. The van der Waals surface area contributed by atoms with E-state index in [4.69, 9.17) is 17.0 Å². The zero-order valence-corrected chi connectivity index (χ0v) is 10.7. The molecule has 0 saturated heterocycles. The molecule has 0 amide bonds. The summed E-state index contributed by atoms with van der Waals surface area (Å²) in [5, 5.41) is 7.95. The van der Waals surface area contributed by atoms with E-state index in [9.17, 15) is 0 Å². The van der Waals surface area contributed by atoms with Gasteiger partial charge in [-0.05, 0) is 30.8 Å². The largest absolute Gasteiger partial charge is 0.491 e. The standard InChI is InChI=1S/C11H11N3OS2/c16-11-13-12-10(17-11)14-6-3-7-15-9-5-2-1-4-8(9)14/h1-2,4-5H,3,6-7H2,(H,13,16). The molecular weight excluding hydrogens is 254 g/mol. The second-order valence-corrected chi connectivity index (χ2v) is 5.36. The number of H-pyrrole nitrogens is 1. The molecule has 0 saturated carbocycles. The molecule has 0 aliphatic carbocycles. The Kier molecular flexibility index (Phi) is 2.82. The first-order chi connectivity index (χ1) is 8.34. The normalized spacial score (nSPS) is 14.9. The Hall–Kier alpha value is -1.40. The summed E-state index contributed by atoms with van der Waals surface area (Å²) in [6.07, 6.45) is 0.973. The van der Waals surface area contributed by atoms with Gasteiger partial charge in [0.2, 0.25) is 5.13 Å². The smallest absolute Gasteiger partial charge is 0.211 e. The first-order valence-corrected chi connectivity index (χ1v) is 6.62. The number of ether oxygens (including phenoxy) is 1. The third-order valence-corrected chi connectivity index (χ3v) is 3.71. The second-order valence-electron chi connectivity index (χ2n) is 3.72. The van der Waals surface area contributed by atoms with Gasteiger partial charge in [0.05, 0.1) is 12.3 Å². The summed E-state index contributed by atoms with van der Waals surface area (Å²) in [6, 6.07) is 8.02. The molecule has 6 heteroatoms. The Bertz CT molecular complexity index is 578. The van der Waals surface area contributed by atoms with Gasteiger partial charge in [-0.1, -0.05) is 23.5 Å². The molecule has 0 fully saturated rings. The van der Waals surface area contributed by atoms with Crippen LogP contribution in [0.5, 0.6) is 5.75 Å². The number of rotatable bonds is 1. The van der Waals surface area contributed by atoms with Crippen LogP contribution in [0.25, 0.3) is 0 Å². The quantitative estimate of drug-likeness (QED) is 0.804. The first kappa shape index (κ1) is 10.7. The van der Waals surface area contributed by atoms with E-state index in [0.717, 1.165) is 36.1 Å². The van der Waals surface area contributed by atoms with Crippen molar-refractivity contribution < 1.29 is 4.74 Å². The lowest BCUT2D eigenvalue weighted by atomic mass is 10.2. The zero-order chi connectivity index (χ0) is 11.7. The number of aromatic nitrogens is 2. The number of para-hydroxylation sites is 2. The van der Waals surface area contributed by atoms with Gasteiger partial charge in [-0.2, -0.15) is 0 Å². The van der Waals surface area contributed by atoms with Crippen LogP contribution < -0.4 is 9.64 Å². The molecule has 1 aliphatic heterocycles. The van der Waals surface area contributed by atoms with Gasteiger partial charge in [-0.25, -0.2) is 0 Å². The lowest BCUT2D eigenvalue weighted by molar-refractivity contribution is 0.322. The summed E-state index contributed by atoms with van der Waals surface area (Å²) in [4.78, 5) is 2.15. The maximum atomic E-state index is 5.71. The summed E-state index contributed by atoms with van der Waals surface area (Å²) < 4.78 is 6.40. The highest BCUT2D eigenvalue weighted by Crippen LogP contribution is 2.36. The molecule has 0 spiro atoms. The van der Waals surface area contributed by atoms with Crippen LogP contribution in [-0.4, -0.2) is 23.3 Å². The second kappa shape index (κ2) is 4.46. The van der Waals surface area contributed by atoms with Crippen LogP contribution in [0.3, 0.4) is 0 Å². The highest BCUT2D eigenvalue weighted by molar-refractivity contribution is 7.73. The van der Waals surface area contributed by atoms with Crippen molar-refractivity contribution in [2.45, 2.75) is 6.42 Å². The number of fused-ring (bicyclic) bond motifs is 1. The minimum atomic E-state index is 0.697. The summed E-state index contributed by atoms with van der Waals surface area (Å²) in [5.41, 5.74) is 1.06. The monoisotopic (exact) mass is 265 g/mol. The van der Waals surface area contributed by atoms with Gasteiger partial charge in [-0.15, -0.1) is 5.10 Å². The molecule has 17 heavy (non-hydrogen) atoms. The maximum Gasteiger partial charge on any atom is 0.211 e. The van der Waals surface area contributed by atoms with E-state index in [1.54, 1.807) is 0 Å². The molecular formula is C11H11N3OS2. The minimum Gasteiger partial charge on any atom is -0.491 e. The van der Waals surface area contributed by atoms with E-state index in [0.29, 0.717) is 3.95 Å².